The van der Waals surface area contributed by atoms with Crippen LogP contribution in [0.5, 0.6) is 0 Å². The maximum Gasteiger partial charge on any atom is 0.303 e. The van der Waals surface area contributed by atoms with Crippen LogP contribution in [0.3, 0.4) is 0 Å². The maximum atomic E-state index is 11.4. The molecule has 7 heteroatoms. The van der Waals surface area contributed by atoms with E-state index in [1.807, 2.05) is 13.8 Å². The molecule has 4 N–H and O–H groups in total. The third kappa shape index (κ3) is 7.61. The van der Waals surface area contributed by atoms with E-state index in [0.717, 1.165) is 0 Å². The fourth-order valence-corrected chi connectivity index (χ4v) is 2.06. The van der Waals surface area contributed by atoms with Gasteiger partial charge in [0.05, 0.1) is 5.75 Å². The molecule has 0 radical (unpaired) electrons. The van der Waals surface area contributed by atoms with Crippen LogP contribution in [0, 0.1) is 5.92 Å². The van der Waals surface area contributed by atoms with Crippen LogP contribution in [0.1, 0.15) is 26.7 Å². The summed E-state index contributed by atoms with van der Waals surface area (Å²) in [5.41, 5.74) is 5.68. The number of nitrogens with one attached hydrogen (secondary N) is 1. The summed E-state index contributed by atoms with van der Waals surface area (Å²) < 4.78 is 25.1. The van der Waals surface area contributed by atoms with Crippen molar-refractivity contribution in [2.24, 2.45) is 11.7 Å². The number of carboxylic acids is 1. The zero-order valence-corrected chi connectivity index (χ0v) is 10.5. The van der Waals surface area contributed by atoms with Crippen molar-refractivity contribution in [3.8, 4) is 0 Å². The van der Waals surface area contributed by atoms with Crippen LogP contribution in [-0.2, 0) is 14.8 Å². The van der Waals surface area contributed by atoms with Crippen molar-refractivity contribution >= 4 is 16.0 Å². The molecule has 0 saturated heterocycles. The Morgan fingerprint density at radius 2 is 2.00 bits per heavy atom. The Balaban J connectivity index is 3.92. The molecule has 0 spiro atoms. The van der Waals surface area contributed by atoms with Crippen LogP contribution in [0.15, 0.2) is 0 Å². The van der Waals surface area contributed by atoms with Crippen molar-refractivity contribution in [1.82, 2.24) is 4.72 Å². The molecule has 0 aromatic carbocycles. The van der Waals surface area contributed by atoms with Gasteiger partial charge in [-0.3, -0.25) is 4.79 Å². The van der Waals surface area contributed by atoms with Crippen molar-refractivity contribution in [1.29, 1.82) is 0 Å². The number of hydrogen-bond acceptors (Lipinski definition) is 4. The molecule has 1 atom stereocenters. The Bertz CT molecular complexity index is 313. The predicted octanol–water partition coefficient (Wildman–Crippen LogP) is -0.246. The van der Waals surface area contributed by atoms with Crippen LogP contribution in [-0.4, -0.2) is 37.8 Å². The van der Waals surface area contributed by atoms with Gasteiger partial charge in [-0.15, -0.1) is 0 Å². The van der Waals surface area contributed by atoms with Gasteiger partial charge in [0.1, 0.15) is 0 Å². The normalized spacial score (nSPS) is 14.0. The average Bonchev–Trinajstić information content (AvgIpc) is 2.13. The van der Waals surface area contributed by atoms with E-state index >= 15 is 0 Å². The summed E-state index contributed by atoms with van der Waals surface area (Å²) in [5, 5.41) is 8.37. The molecule has 0 aliphatic heterocycles. The van der Waals surface area contributed by atoms with Gasteiger partial charge in [-0.05, 0) is 12.3 Å². The quantitative estimate of drug-likeness (QED) is 0.552. The fraction of sp³-hybridized carbons (Fsp3) is 0.889. The molecule has 0 saturated carbocycles. The molecule has 0 aliphatic carbocycles. The third-order valence-corrected chi connectivity index (χ3v) is 3.63. The number of hydrogen-bond donors (Lipinski definition) is 3. The van der Waals surface area contributed by atoms with Gasteiger partial charge in [-0.2, -0.15) is 0 Å². The Morgan fingerprint density at radius 1 is 1.44 bits per heavy atom. The lowest BCUT2D eigenvalue weighted by Gasteiger charge is -2.16. The summed E-state index contributed by atoms with van der Waals surface area (Å²) in [4.78, 5) is 10.2. The summed E-state index contributed by atoms with van der Waals surface area (Å²) in [6.45, 7) is 4.00. The molecule has 0 heterocycles. The minimum absolute atomic E-state index is 0.113. The van der Waals surface area contributed by atoms with Crippen molar-refractivity contribution < 1.29 is 18.3 Å². The standard InChI is InChI=1S/C9H20N2O4S/c1-7(2)8(10)6-11-16(14,15)5-3-4-9(12)13/h7-8,11H,3-6,10H2,1-2H3,(H,12,13). The molecular formula is C9H20N2O4S. The molecule has 0 bridgehead atoms. The van der Waals surface area contributed by atoms with E-state index in [4.69, 9.17) is 10.8 Å². The number of aliphatic carboxylic acids is 1. The van der Waals surface area contributed by atoms with Crippen LogP contribution in [0.2, 0.25) is 0 Å². The third-order valence-electron chi connectivity index (χ3n) is 2.20. The Hall–Kier alpha value is -0.660. The summed E-state index contributed by atoms with van der Waals surface area (Å²) in [6, 6.07) is -0.228. The topological polar surface area (TPSA) is 109 Å². The van der Waals surface area contributed by atoms with E-state index in [2.05, 4.69) is 4.72 Å². The lowest BCUT2D eigenvalue weighted by Crippen LogP contribution is -2.41. The van der Waals surface area contributed by atoms with Gasteiger partial charge < -0.3 is 10.8 Å². The smallest absolute Gasteiger partial charge is 0.303 e. The molecule has 0 amide bonds. The zero-order valence-electron chi connectivity index (χ0n) is 9.64. The SMILES string of the molecule is CC(C)C(N)CNS(=O)(=O)CCCC(=O)O. The molecule has 0 aliphatic rings. The van der Waals surface area contributed by atoms with E-state index in [1.54, 1.807) is 0 Å². The van der Waals surface area contributed by atoms with Gasteiger partial charge >= 0.3 is 5.97 Å². The zero-order chi connectivity index (χ0) is 12.8. The number of sulfonamides is 1. The van der Waals surface area contributed by atoms with E-state index in [1.165, 1.54) is 0 Å². The van der Waals surface area contributed by atoms with E-state index in [0.29, 0.717) is 0 Å². The molecule has 0 fully saturated rings. The fourth-order valence-electron chi connectivity index (χ4n) is 0.944. The van der Waals surface area contributed by atoms with Gasteiger partial charge in [-0.25, -0.2) is 13.1 Å². The number of rotatable bonds is 8. The Morgan fingerprint density at radius 3 is 2.44 bits per heavy atom. The van der Waals surface area contributed by atoms with Crippen molar-refractivity contribution in [2.75, 3.05) is 12.3 Å². The van der Waals surface area contributed by atoms with Gasteiger partial charge in [0.25, 0.3) is 0 Å². The van der Waals surface area contributed by atoms with Crippen LogP contribution >= 0.6 is 0 Å². The van der Waals surface area contributed by atoms with Gasteiger partial charge in [-0.1, -0.05) is 13.8 Å². The second-order valence-corrected chi connectivity index (χ2v) is 6.00. The van der Waals surface area contributed by atoms with Gasteiger partial charge in [0, 0.05) is 19.0 Å². The summed E-state index contributed by atoms with van der Waals surface area (Å²) in [6.07, 6.45) is -0.0290. The second kappa shape index (κ2) is 6.82. The Labute approximate surface area is 96.3 Å². The summed E-state index contributed by atoms with van der Waals surface area (Å²) in [7, 11) is -3.40. The van der Waals surface area contributed by atoms with E-state index < -0.39 is 16.0 Å². The lowest BCUT2D eigenvalue weighted by molar-refractivity contribution is -0.137. The molecule has 0 aromatic heterocycles. The molecule has 16 heavy (non-hydrogen) atoms. The first-order valence-corrected chi connectivity index (χ1v) is 6.84. The van der Waals surface area contributed by atoms with Crippen molar-refractivity contribution in [2.45, 2.75) is 32.7 Å². The highest BCUT2D eigenvalue weighted by molar-refractivity contribution is 7.89. The predicted molar refractivity (Wildman–Crippen MR) is 61.5 cm³/mol. The van der Waals surface area contributed by atoms with Crippen LogP contribution in [0.25, 0.3) is 0 Å². The second-order valence-electron chi connectivity index (χ2n) is 4.07. The minimum atomic E-state index is -3.40. The first-order chi connectivity index (χ1) is 7.24. The van der Waals surface area contributed by atoms with Gasteiger partial charge in [0.15, 0.2) is 0 Å². The molecule has 6 nitrogen and oxygen atoms in total. The average molecular weight is 252 g/mol. The number of nitrogens with two attached hydrogens (primary N) is 1. The van der Waals surface area contributed by atoms with E-state index in [9.17, 15) is 13.2 Å². The van der Waals surface area contributed by atoms with Crippen molar-refractivity contribution in [3.05, 3.63) is 0 Å². The summed E-state index contributed by atoms with van der Waals surface area (Å²) in [5.74, 6) is -0.972. The molecule has 1 unspecified atom stereocenters. The number of carboxylic acid groups (broad SMARTS) is 1. The monoisotopic (exact) mass is 252 g/mol. The first-order valence-electron chi connectivity index (χ1n) is 5.19. The number of carbonyl (C=O) groups is 1. The molecular weight excluding hydrogens is 232 g/mol. The highest BCUT2D eigenvalue weighted by atomic mass is 32.2. The molecule has 96 valence electrons. The highest BCUT2D eigenvalue weighted by Crippen LogP contribution is 1.99. The van der Waals surface area contributed by atoms with Gasteiger partial charge in [0.2, 0.25) is 10.0 Å². The highest BCUT2D eigenvalue weighted by Gasteiger charge is 2.14. The van der Waals surface area contributed by atoms with Crippen molar-refractivity contribution in [3.63, 3.8) is 0 Å². The minimum Gasteiger partial charge on any atom is -0.481 e. The molecule has 0 rings (SSSR count). The van der Waals surface area contributed by atoms with Crippen LogP contribution < -0.4 is 10.5 Å². The molecule has 0 aromatic rings. The van der Waals surface area contributed by atoms with Crippen LogP contribution in [0.4, 0.5) is 0 Å². The largest absolute Gasteiger partial charge is 0.481 e. The maximum absolute atomic E-state index is 11.4. The lowest BCUT2D eigenvalue weighted by atomic mass is 10.1. The van der Waals surface area contributed by atoms with E-state index in [-0.39, 0.29) is 37.1 Å². The first kappa shape index (κ1) is 15.3. The Kier molecular flexibility index (Phi) is 6.54. The summed E-state index contributed by atoms with van der Waals surface area (Å²) >= 11 is 0.